The van der Waals surface area contributed by atoms with Gasteiger partial charge >= 0.3 is 0 Å². The lowest BCUT2D eigenvalue weighted by Crippen LogP contribution is -2.10. The van der Waals surface area contributed by atoms with Crippen LogP contribution in [0.25, 0.3) is 0 Å². The minimum Gasteiger partial charge on any atom is -0.496 e. The van der Waals surface area contributed by atoms with E-state index in [1.807, 2.05) is 0 Å². The van der Waals surface area contributed by atoms with Crippen molar-refractivity contribution in [1.29, 1.82) is 0 Å². The zero-order valence-corrected chi connectivity index (χ0v) is 12.2. The standard InChI is InChI=1S/C15H11BrF2O2/c1-20-13-5-3-2-4-9(13)8-12(19)14-11(17)7-6-10(16)15(14)18/h2-7H,8H2,1H3. The van der Waals surface area contributed by atoms with Gasteiger partial charge in [0, 0.05) is 12.0 Å². The van der Waals surface area contributed by atoms with Gasteiger partial charge < -0.3 is 4.74 Å². The minimum absolute atomic E-state index is 0.0577. The summed E-state index contributed by atoms with van der Waals surface area (Å²) in [7, 11) is 1.48. The monoisotopic (exact) mass is 340 g/mol. The normalized spacial score (nSPS) is 10.4. The Balaban J connectivity index is 2.36. The van der Waals surface area contributed by atoms with Gasteiger partial charge in [0.05, 0.1) is 17.1 Å². The molecular weight excluding hydrogens is 330 g/mol. The van der Waals surface area contributed by atoms with Crippen LogP contribution in [-0.2, 0) is 6.42 Å². The highest BCUT2D eigenvalue weighted by molar-refractivity contribution is 9.10. The summed E-state index contributed by atoms with van der Waals surface area (Å²) in [5, 5.41) is 0. The number of carbonyl (C=O) groups is 1. The Morgan fingerprint density at radius 3 is 2.60 bits per heavy atom. The van der Waals surface area contributed by atoms with Crippen molar-refractivity contribution in [3.63, 3.8) is 0 Å². The van der Waals surface area contributed by atoms with Crippen LogP contribution in [0.3, 0.4) is 0 Å². The van der Waals surface area contributed by atoms with Crippen molar-refractivity contribution in [1.82, 2.24) is 0 Å². The summed E-state index contributed by atoms with van der Waals surface area (Å²) >= 11 is 2.94. The molecule has 0 bridgehead atoms. The molecule has 104 valence electrons. The molecule has 0 saturated heterocycles. The van der Waals surface area contributed by atoms with E-state index in [-0.39, 0.29) is 10.9 Å². The van der Waals surface area contributed by atoms with Gasteiger partial charge in [-0.05, 0) is 34.1 Å². The summed E-state index contributed by atoms with van der Waals surface area (Å²) in [6.07, 6.45) is -0.131. The number of rotatable bonds is 4. The molecule has 20 heavy (non-hydrogen) atoms. The van der Waals surface area contributed by atoms with Crippen molar-refractivity contribution in [2.24, 2.45) is 0 Å². The first-order valence-corrected chi connectivity index (χ1v) is 6.62. The molecule has 0 atom stereocenters. The summed E-state index contributed by atoms with van der Waals surface area (Å²) < 4.78 is 32.7. The first-order chi connectivity index (χ1) is 9.54. The van der Waals surface area contributed by atoms with Crippen LogP contribution in [0, 0.1) is 11.6 Å². The molecule has 2 aromatic rings. The maximum atomic E-state index is 13.9. The van der Waals surface area contributed by atoms with Crippen molar-refractivity contribution in [2.75, 3.05) is 7.11 Å². The Hall–Kier alpha value is -1.75. The van der Waals surface area contributed by atoms with E-state index >= 15 is 0 Å². The fourth-order valence-corrected chi connectivity index (χ4v) is 2.22. The van der Waals surface area contributed by atoms with E-state index in [0.717, 1.165) is 6.07 Å². The molecule has 0 spiro atoms. The molecule has 2 nitrogen and oxygen atoms in total. The molecular formula is C15H11BrF2O2. The van der Waals surface area contributed by atoms with Gasteiger partial charge in [-0.3, -0.25) is 4.79 Å². The van der Waals surface area contributed by atoms with Gasteiger partial charge in [0.25, 0.3) is 0 Å². The minimum atomic E-state index is -0.884. The van der Waals surface area contributed by atoms with Gasteiger partial charge in [-0.15, -0.1) is 0 Å². The fraction of sp³-hybridized carbons (Fsp3) is 0.133. The van der Waals surface area contributed by atoms with E-state index in [4.69, 9.17) is 4.74 Å². The predicted molar refractivity (Wildman–Crippen MR) is 75.1 cm³/mol. The molecule has 2 aromatic carbocycles. The Bertz CT molecular complexity index is 656. The molecule has 0 aromatic heterocycles. The quantitative estimate of drug-likeness (QED) is 0.617. The zero-order chi connectivity index (χ0) is 14.7. The third-order valence-corrected chi connectivity index (χ3v) is 3.48. The lowest BCUT2D eigenvalue weighted by Gasteiger charge is -2.09. The zero-order valence-electron chi connectivity index (χ0n) is 10.6. The van der Waals surface area contributed by atoms with Crippen LogP contribution in [0.4, 0.5) is 8.78 Å². The van der Waals surface area contributed by atoms with Crippen LogP contribution >= 0.6 is 15.9 Å². The number of halogens is 3. The average Bonchev–Trinajstić information content (AvgIpc) is 2.44. The van der Waals surface area contributed by atoms with Crippen molar-refractivity contribution < 1.29 is 18.3 Å². The van der Waals surface area contributed by atoms with Crippen molar-refractivity contribution >= 4 is 21.7 Å². The SMILES string of the molecule is COc1ccccc1CC(=O)c1c(F)ccc(Br)c1F. The second-order valence-electron chi connectivity index (χ2n) is 4.13. The number of methoxy groups -OCH3 is 1. The predicted octanol–water partition coefficient (Wildman–Crippen LogP) is 4.16. The van der Waals surface area contributed by atoms with Gasteiger partial charge in [0.15, 0.2) is 11.6 Å². The number of hydrogen-bond acceptors (Lipinski definition) is 2. The van der Waals surface area contributed by atoms with E-state index in [1.165, 1.54) is 13.2 Å². The third-order valence-electron chi connectivity index (χ3n) is 2.87. The second-order valence-corrected chi connectivity index (χ2v) is 4.98. The first kappa shape index (κ1) is 14.7. The number of ketones is 1. The third kappa shape index (κ3) is 2.88. The molecule has 0 amide bonds. The van der Waals surface area contributed by atoms with E-state index in [9.17, 15) is 13.6 Å². The van der Waals surface area contributed by atoms with Crippen molar-refractivity contribution in [3.05, 3.63) is 63.6 Å². The van der Waals surface area contributed by atoms with Crippen molar-refractivity contribution in [3.8, 4) is 5.75 Å². The summed E-state index contributed by atoms with van der Waals surface area (Å²) in [6.45, 7) is 0. The molecule has 0 radical (unpaired) electrons. The molecule has 0 saturated carbocycles. The van der Waals surface area contributed by atoms with Crippen LogP contribution in [0.5, 0.6) is 5.75 Å². The van der Waals surface area contributed by atoms with Gasteiger partial charge in [-0.1, -0.05) is 18.2 Å². The van der Waals surface area contributed by atoms with E-state index < -0.39 is 23.0 Å². The second kappa shape index (κ2) is 6.13. The topological polar surface area (TPSA) is 26.3 Å². The molecule has 0 fully saturated rings. The summed E-state index contributed by atoms with van der Waals surface area (Å²) in [4.78, 5) is 12.1. The highest BCUT2D eigenvalue weighted by Gasteiger charge is 2.20. The van der Waals surface area contributed by atoms with Gasteiger partial charge in [0.2, 0.25) is 0 Å². The number of benzene rings is 2. The van der Waals surface area contributed by atoms with Gasteiger partial charge in [0.1, 0.15) is 11.6 Å². The molecule has 2 rings (SSSR count). The molecule has 5 heteroatoms. The van der Waals surface area contributed by atoms with E-state index in [1.54, 1.807) is 24.3 Å². The van der Waals surface area contributed by atoms with E-state index in [0.29, 0.717) is 11.3 Å². The molecule has 0 aliphatic heterocycles. The van der Waals surface area contributed by atoms with Gasteiger partial charge in [-0.2, -0.15) is 0 Å². The first-order valence-electron chi connectivity index (χ1n) is 5.83. The van der Waals surface area contributed by atoms with Crippen LogP contribution in [0.2, 0.25) is 0 Å². The van der Waals surface area contributed by atoms with Gasteiger partial charge in [-0.25, -0.2) is 8.78 Å². The average molecular weight is 341 g/mol. The van der Waals surface area contributed by atoms with Crippen LogP contribution < -0.4 is 4.74 Å². The molecule has 0 N–H and O–H groups in total. The summed E-state index contributed by atoms with van der Waals surface area (Å²) in [5.41, 5.74) is 0.0454. The maximum Gasteiger partial charge on any atom is 0.173 e. The lowest BCUT2D eigenvalue weighted by atomic mass is 10.0. The molecule has 0 unspecified atom stereocenters. The fourth-order valence-electron chi connectivity index (χ4n) is 1.89. The lowest BCUT2D eigenvalue weighted by molar-refractivity contribution is 0.0984. The highest BCUT2D eigenvalue weighted by Crippen LogP contribution is 2.25. The maximum absolute atomic E-state index is 13.9. The van der Waals surface area contributed by atoms with Crippen LogP contribution in [0.1, 0.15) is 15.9 Å². The number of hydrogen-bond donors (Lipinski definition) is 0. The molecule has 0 aliphatic rings. The smallest absolute Gasteiger partial charge is 0.173 e. The summed E-state index contributed by atoms with van der Waals surface area (Å²) in [6, 6.07) is 9.15. The Morgan fingerprint density at radius 1 is 1.20 bits per heavy atom. The number of ether oxygens (including phenoxy) is 1. The highest BCUT2D eigenvalue weighted by atomic mass is 79.9. The number of para-hydroxylation sites is 1. The molecule has 0 heterocycles. The molecule has 0 aliphatic carbocycles. The van der Waals surface area contributed by atoms with Crippen LogP contribution in [0.15, 0.2) is 40.9 Å². The summed E-state index contributed by atoms with van der Waals surface area (Å²) in [5.74, 6) is -1.88. The Kier molecular flexibility index (Phi) is 4.49. The number of Topliss-reactive ketones (excluding diaryl/α,β-unsaturated/α-hetero) is 1. The largest absolute Gasteiger partial charge is 0.496 e. The van der Waals surface area contributed by atoms with E-state index in [2.05, 4.69) is 15.9 Å². The number of carbonyl (C=O) groups excluding carboxylic acids is 1. The Labute approximate surface area is 123 Å². The Morgan fingerprint density at radius 2 is 1.90 bits per heavy atom. The van der Waals surface area contributed by atoms with Crippen molar-refractivity contribution in [2.45, 2.75) is 6.42 Å². The van der Waals surface area contributed by atoms with Crippen LogP contribution in [-0.4, -0.2) is 12.9 Å².